The van der Waals surface area contributed by atoms with E-state index in [1.54, 1.807) is 6.07 Å². The Labute approximate surface area is 109 Å². The molecule has 1 aromatic heterocycles. The first-order valence-electron chi connectivity index (χ1n) is 6.04. The van der Waals surface area contributed by atoms with E-state index < -0.39 is 5.97 Å². The molecule has 0 aliphatic rings. The van der Waals surface area contributed by atoms with Crippen LogP contribution in [0.3, 0.4) is 0 Å². The predicted molar refractivity (Wildman–Crippen MR) is 72.1 cm³/mol. The van der Waals surface area contributed by atoms with Gasteiger partial charge in [0.1, 0.15) is 11.4 Å². The van der Waals surface area contributed by atoms with E-state index in [1.165, 1.54) is 7.11 Å². The number of aromatic nitrogens is 1. The average Bonchev–Trinajstić information content (AvgIpc) is 2.38. The topological polar surface area (TPSA) is 79.4 Å². The monoisotopic (exact) mass is 261 g/mol. The highest BCUT2D eigenvalue weighted by molar-refractivity contribution is 5.92. The molecule has 2 rings (SSSR count). The summed E-state index contributed by atoms with van der Waals surface area (Å²) in [5.74, 6) is -0.681. The zero-order chi connectivity index (χ0) is 14.0. The number of hydrogen-bond donors (Lipinski definition) is 2. The molecule has 5 heteroatoms. The third-order valence-electron chi connectivity index (χ3n) is 2.95. The van der Waals surface area contributed by atoms with Crippen molar-refractivity contribution in [2.75, 3.05) is 7.11 Å². The Kier molecular flexibility index (Phi) is 3.55. The quantitative estimate of drug-likeness (QED) is 0.884. The van der Waals surface area contributed by atoms with Crippen molar-refractivity contribution in [1.29, 1.82) is 0 Å². The second kappa shape index (κ2) is 5.14. The van der Waals surface area contributed by atoms with Gasteiger partial charge in [-0.2, -0.15) is 0 Å². The molecule has 0 unspecified atom stereocenters. The number of aromatic carboxylic acids is 1. The van der Waals surface area contributed by atoms with E-state index >= 15 is 0 Å². The number of ether oxygens (including phenoxy) is 1. The highest BCUT2D eigenvalue weighted by Crippen LogP contribution is 2.24. The van der Waals surface area contributed by atoms with Crippen molar-refractivity contribution >= 4 is 16.9 Å². The molecule has 19 heavy (non-hydrogen) atoms. The number of rotatable bonds is 4. The van der Waals surface area contributed by atoms with Gasteiger partial charge in [-0.25, -0.2) is 4.79 Å². The Morgan fingerprint density at radius 2 is 2.11 bits per heavy atom. The van der Waals surface area contributed by atoms with Crippen molar-refractivity contribution in [3.63, 3.8) is 0 Å². The van der Waals surface area contributed by atoms with Crippen LogP contribution in [0.15, 0.2) is 23.0 Å². The molecule has 0 bridgehead atoms. The third kappa shape index (κ3) is 2.45. The van der Waals surface area contributed by atoms with Gasteiger partial charge in [0.05, 0.1) is 12.6 Å². The van der Waals surface area contributed by atoms with Gasteiger partial charge in [0.15, 0.2) is 5.43 Å². The first-order valence-corrected chi connectivity index (χ1v) is 6.04. The maximum atomic E-state index is 12.0. The van der Waals surface area contributed by atoms with Gasteiger partial charge >= 0.3 is 5.97 Å². The van der Waals surface area contributed by atoms with Crippen molar-refractivity contribution in [3.05, 3.63) is 39.7 Å². The second-order valence-electron chi connectivity index (χ2n) is 4.32. The molecule has 2 aromatic rings. The number of methoxy groups -OCH3 is 1. The summed E-state index contributed by atoms with van der Waals surface area (Å²) in [4.78, 5) is 25.7. The van der Waals surface area contributed by atoms with Crippen molar-refractivity contribution in [3.8, 4) is 5.75 Å². The molecule has 0 aliphatic carbocycles. The number of fused-ring (bicyclic) bond motifs is 1. The van der Waals surface area contributed by atoms with Crippen molar-refractivity contribution in [1.82, 2.24) is 4.98 Å². The fourth-order valence-corrected chi connectivity index (χ4v) is 2.08. The lowest BCUT2D eigenvalue weighted by atomic mass is 10.1. The number of H-pyrrole nitrogens is 1. The Morgan fingerprint density at radius 1 is 1.37 bits per heavy atom. The molecule has 1 heterocycles. The van der Waals surface area contributed by atoms with Crippen LogP contribution in [0.4, 0.5) is 0 Å². The minimum absolute atomic E-state index is 0.140. The summed E-state index contributed by atoms with van der Waals surface area (Å²) >= 11 is 0. The van der Waals surface area contributed by atoms with Crippen LogP contribution in [0.25, 0.3) is 10.9 Å². The van der Waals surface area contributed by atoms with E-state index in [-0.39, 0.29) is 11.1 Å². The summed E-state index contributed by atoms with van der Waals surface area (Å²) in [6, 6.07) is 4.71. The molecule has 0 saturated heterocycles. The minimum atomic E-state index is -1.17. The highest BCUT2D eigenvalue weighted by atomic mass is 16.5. The zero-order valence-electron chi connectivity index (χ0n) is 10.8. The standard InChI is InChI=1S/C14H15NO4/c1-3-4-8-5-9-11(16)7-10(14(17)18)15-13(9)12(6-8)19-2/h5-7H,3-4H2,1-2H3,(H,15,16)(H,17,18). The molecule has 0 aliphatic heterocycles. The molecule has 2 N–H and O–H groups in total. The molecule has 0 spiro atoms. The van der Waals surface area contributed by atoms with Crippen LogP contribution in [0.5, 0.6) is 5.75 Å². The molecule has 0 amide bonds. The van der Waals surface area contributed by atoms with E-state index in [2.05, 4.69) is 11.9 Å². The van der Waals surface area contributed by atoms with Gasteiger partial charge in [-0.1, -0.05) is 13.3 Å². The van der Waals surface area contributed by atoms with E-state index in [9.17, 15) is 9.59 Å². The molecule has 1 aromatic carbocycles. The van der Waals surface area contributed by atoms with Crippen LogP contribution < -0.4 is 10.2 Å². The molecule has 0 atom stereocenters. The molecule has 0 radical (unpaired) electrons. The van der Waals surface area contributed by atoms with Gasteiger partial charge in [-0.3, -0.25) is 4.79 Å². The van der Waals surface area contributed by atoms with Crippen LogP contribution in [0.1, 0.15) is 29.4 Å². The summed E-state index contributed by atoms with van der Waals surface area (Å²) in [6.07, 6.45) is 1.80. The highest BCUT2D eigenvalue weighted by Gasteiger charge is 2.12. The smallest absolute Gasteiger partial charge is 0.352 e. The van der Waals surface area contributed by atoms with Crippen LogP contribution in [-0.4, -0.2) is 23.2 Å². The van der Waals surface area contributed by atoms with Crippen molar-refractivity contribution in [2.45, 2.75) is 19.8 Å². The molecule has 0 fully saturated rings. The van der Waals surface area contributed by atoms with Gasteiger partial charge in [0, 0.05) is 11.5 Å². The fourth-order valence-electron chi connectivity index (χ4n) is 2.08. The lowest BCUT2D eigenvalue weighted by molar-refractivity contribution is 0.0691. The minimum Gasteiger partial charge on any atom is -0.495 e. The number of hydrogen-bond acceptors (Lipinski definition) is 3. The van der Waals surface area contributed by atoms with Gasteiger partial charge < -0.3 is 14.8 Å². The summed E-state index contributed by atoms with van der Waals surface area (Å²) in [6.45, 7) is 2.05. The summed E-state index contributed by atoms with van der Waals surface area (Å²) in [5.41, 5.74) is 0.967. The molecule has 5 nitrogen and oxygen atoms in total. The van der Waals surface area contributed by atoms with Gasteiger partial charge in [0.2, 0.25) is 0 Å². The van der Waals surface area contributed by atoms with E-state index in [4.69, 9.17) is 9.84 Å². The third-order valence-corrected chi connectivity index (χ3v) is 2.95. The van der Waals surface area contributed by atoms with Gasteiger partial charge in [0.25, 0.3) is 0 Å². The first-order chi connectivity index (χ1) is 9.06. The Bertz CT molecular complexity index is 688. The lowest BCUT2D eigenvalue weighted by Crippen LogP contribution is -2.10. The van der Waals surface area contributed by atoms with E-state index in [0.717, 1.165) is 24.5 Å². The molecular formula is C14H15NO4. The number of pyridine rings is 1. The zero-order valence-corrected chi connectivity index (χ0v) is 10.8. The largest absolute Gasteiger partial charge is 0.495 e. The SMILES string of the molecule is CCCc1cc(OC)c2[nH]c(C(=O)O)cc(=O)c2c1. The summed E-state index contributed by atoms with van der Waals surface area (Å²) in [7, 11) is 1.50. The molecule has 0 saturated carbocycles. The van der Waals surface area contributed by atoms with Gasteiger partial charge in [-0.15, -0.1) is 0 Å². The Morgan fingerprint density at radius 3 is 2.68 bits per heavy atom. The maximum absolute atomic E-state index is 12.0. The normalized spacial score (nSPS) is 10.6. The molecule has 100 valence electrons. The maximum Gasteiger partial charge on any atom is 0.352 e. The number of nitrogens with one attached hydrogen (secondary N) is 1. The number of carbonyl (C=O) groups is 1. The Balaban J connectivity index is 2.78. The van der Waals surface area contributed by atoms with Crippen LogP contribution >= 0.6 is 0 Å². The fraction of sp³-hybridized carbons (Fsp3) is 0.286. The summed E-state index contributed by atoms with van der Waals surface area (Å²) < 4.78 is 5.24. The van der Waals surface area contributed by atoms with Crippen LogP contribution in [0, 0.1) is 0 Å². The second-order valence-corrected chi connectivity index (χ2v) is 4.32. The number of carboxylic acids is 1. The van der Waals surface area contributed by atoms with Crippen LogP contribution in [-0.2, 0) is 6.42 Å². The van der Waals surface area contributed by atoms with Crippen molar-refractivity contribution in [2.24, 2.45) is 0 Å². The number of aryl methyl sites for hydroxylation is 1. The van der Waals surface area contributed by atoms with E-state index in [0.29, 0.717) is 16.7 Å². The molecular weight excluding hydrogens is 246 g/mol. The van der Waals surface area contributed by atoms with Crippen LogP contribution in [0.2, 0.25) is 0 Å². The van der Waals surface area contributed by atoms with Crippen molar-refractivity contribution < 1.29 is 14.6 Å². The van der Waals surface area contributed by atoms with E-state index in [1.807, 2.05) is 6.07 Å². The predicted octanol–water partition coefficient (Wildman–Crippen LogP) is 2.19. The number of carboxylic acid groups (broad SMARTS) is 1. The Hall–Kier alpha value is -2.30. The first kappa shape index (κ1) is 13.1. The lowest BCUT2D eigenvalue weighted by Gasteiger charge is -2.09. The summed E-state index contributed by atoms with van der Waals surface area (Å²) in [5, 5.41) is 9.41. The average molecular weight is 261 g/mol. The number of aromatic amines is 1. The number of benzene rings is 1. The van der Waals surface area contributed by atoms with Gasteiger partial charge in [-0.05, 0) is 24.1 Å².